The minimum Gasteiger partial charge on any atom is -0.481 e. The van der Waals surface area contributed by atoms with Crippen LogP contribution in [0.15, 0.2) is 0 Å². The molecule has 0 spiro atoms. The van der Waals surface area contributed by atoms with Gasteiger partial charge in [0.2, 0.25) is 11.8 Å². The fourth-order valence-corrected chi connectivity index (χ4v) is 2.39. The zero-order valence-electron chi connectivity index (χ0n) is 11.9. The quantitative estimate of drug-likeness (QED) is 0.514. The SMILES string of the molecule is NCC(=O)N1C(=O)CC[C@H]1C(=O)C[C@@H](CCC(=O)O)C(=O)O. The average Bonchev–Trinajstić information content (AvgIpc) is 2.83. The molecule has 0 aromatic carbocycles. The van der Waals surface area contributed by atoms with Crippen molar-refractivity contribution >= 4 is 29.5 Å². The first-order valence-corrected chi connectivity index (χ1v) is 6.80. The molecule has 1 saturated heterocycles. The lowest BCUT2D eigenvalue weighted by Gasteiger charge is -2.22. The molecule has 2 atom stereocenters. The van der Waals surface area contributed by atoms with Gasteiger partial charge in [0.05, 0.1) is 18.5 Å². The molecule has 0 radical (unpaired) electrons. The molecule has 0 aromatic rings. The molecule has 1 aliphatic heterocycles. The van der Waals surface area contributed by atoms with E-state index in [0.29, 0.717) is 0 Å². The molecule has 1 heterocycles. The summed E-state index contributed by atoms with van der Waals surface area (Å²) in [6.07, 6.45) is -0.834. The summed E-state index contributed by atoms with van der Waals surface area (Å²) in [5.74, 6) is -5.35. The average molecular weight is 314 g/mol. The number of hydrogen-bond donors (Lipinski definition) is 3. The molecule has 1 aliphatic rings. The summed E-state index contributed by atoms with van der Waals surface area (Å²) in [6, 6.07) is -1.00. The minimum absolute atomic E-state index is 0.0228. The second kappa shape index (κ2) is 7.64. The van der Waals surface area contributed by atoms with Gasteiger partial charge in [-0.2, -0.15) is 0 Å². The number of carboxylic acid groups (broad SMARTS) is 2. The summed E-state index contributed by atoms with van der Waals surface area (Å²) in [7, 11) is 0. The number of Topliss-reactive ketones (excluding diaryl/α,β-unsaturated/α-hetero) is 1. The maximum atomic E-state index is 12.2. The van der Waals surface area contributed by atoms with Gasteiger partial charge in [-0.1, -0.05) is 0 Å². The van der Waals surface area contributed by atoms with E-state index < -0.39 is 54.5 Å². The largest absolute Gasteiger partial charge is 0.481 e. The van der Waals surface area contributed by atoms with Crippen molar-refractivity contribution < 1.29 is 34.2 Å². The summed E-state index contributed by atoms with van der Waals surface area (Å²) in [5.41, 5.74) is 5.19. The van der Waals surface area contributed by atoms with E-state index in [-0.39, 0.29) is 25.7 Å². The highest BCUT2D eigenvalue weighted by molar-refractivity contribution is 6.04. The van der Waals surface area contributed by atoms with Crippen LogP contribution >= 0.6 is 0 Å². The molecule has 2 amide bonds. The number of carbonyl (C=O) groups excluding carboxylic acids is 3. The van der Waals surface area contributed by atoms with Crippen molar-refractivity contribution in [1.82, 2.24) is 4.90 Å². The Morgan fingerprint density at radius 3 is 2.41 bits per heavy atom. The Morgan fingerprint density at radius 2 is 1.91 bits per heavy atom. The standard InChI is InChI=1S/C13H18N2O7/c14-6-11(18)15-8(2-3-10(15)17)9(16)5-7(13(21)22)1-4-12(19)20/h7-8H,1-6,14H2,(H,19,20)(H,21,22)/t7-,8+/m1/s1. The molecule has 1 rings (SSSR count). The first kappa shape index (κ1) is 17.8. The summed E-state index contributed by atoms with van der Waals surface area (Å²) in [6.45, 7) is -0.420. The van der Waals surface area contributed by atoms with Crippen LogP contribution in [-0.2, 0) is 24.0 Å². The van der Waals surface area contributed by atoms with Gasteiger partial charge in [-0.05, 0) is 12.8 Å². The van der Waals surface area contributed by atoms with Crippen molar-refractivity contribution in [3.63, 3.8) is 0 Å². The molecular weight excluding hydrogens is 296 g/mol. The van der Waals surface area contributed by atoms with Crippen LogP contribution in [0.25, 0.3) is 0 Å². The molecule has 0 saturated carbocycles. The smallest absolute Gasteiger partial charge is 0.306 e. The van der Waals surface area contributed by atoms with Gasteiger partial charge in [0, 0.05) is 19.3 Å². The zero-order valence-corrected chi connectivity index (χ0v) is 11.9. The summed E-state index contributed by atoms with van der Waals surface area (Å²) in [5, 5.41) is 17.6. The summed E-state index contributed by atoms with van der Waals surface area (Å²) < 4.78 is 0. The molecule has 0 aliphatic carbocycles. The molecule has 22 heavy (non-hydrogen) atoms. The highest BCUT2D eigenvalue weighted by Crippen LogP contribution is 2.23. The number of amides is 2. The molecule has 9 heteroatoms. The van der Waals surface area contributed by atoms with Crippen LogP contribution in [0, 0.1) is 5.92 Å². The lowest BCUT2D eigenvalue weighted by molar-refractivity contribution is -0.148. The van der Waals surface area contributed by atoms with Gasteiger partial charge in [-0.3, -0.25) is 28.9 Å². The van der Waals surface area contributed by atoms with Crippen molar-refractivity contribution in [2.24, 2.45) is 11.7 Å². The van der Waals surface area contributed by atoms with Crippen LogP contribution in [-0.4, -0.2) is 57.2 Å². The van der Waals surface area contributed by atoms with Gasteiger partial charge < -0.3 is 15.9 Å². The van der Waals surface area contributed by atoms with Gasteiger partial charge in [0.1, 0.15) is 0 Å². The van der Waals surface area contributed by atoms with Gasteiger partial charge in [0.15, 0.2) is 5.78 Å². The van der Waals surface area contributed by atoms with Crippen molar-refractivity contribution in [2.45, 2.75) is 38.1 Å². The fraction of sp³-hybridized carbons (Fsp3) is 0.615. The summed E-state index contributed by atoms with van der Waals surface area (Å²) in [4.78, 5) is 57.8. The van der Waals surface area contributed by atoms with Gasteiger partial charge >= 0.3 is 11.9 Å². The number of hydrogen-bond acceptors (Lipinski definition) is 6. The molecule has 1 fully saturated rings. The zero-order chi connectivity index (χ0) is 16.9. The molecule has 122 valence electrons. The predicted molar refractivity (Wildman–Crippen MR) is 71.5 cm³/mol. The Hall–Kier alpha value is -2.29. The monoisotopic (exact) mass is 314 g/mol. The van der Waals surface area contributed by atoms with Crippen molar-refractivity contribution in [2.75, 3.05) is 6.54 Å². The van der Waals surface area contributed by atoms with E-state index >= 15 is 0 Å². The second-order valence-corrected chi connectivity index (χ2v) is 5.05. The summed E-state index contributed by atoms with van der Waals surface area (Å²) >= 11 is 0. The number of imide groups is 1. The molecule has 0 aromatic heterocycles. The highest BCUT2D eigenvalue weighted by atomic mass is 16.4. The van der Waals surface area contributed by atoms with Crippen LogP contribution in [0.3, 0.4) is 0 Å². The number of ketones is 1. The van der Waals surface area contributed by atoms with Crippen molar-refractivity contribution in [3.05, 3.63) is 0 Å². The normalized spacial score (nSPS) is 19.0. The molecule has 9 nitrogen and oxygen atoms in total. The van der Waals surface area contributed by atoms with E-state index in [9.17, 15) is 24.0 Å². The highest BCUT2D eigenvalue weighted by Gasteiger charge is 2.40. The third kappa shape index (κ3) is 4.35. The maximum Gasteiger partial charge on any atom is 0.306 e. The number of nitrogens with zero attached hydrogens (tertiary/aromatic N) is 1. The van der Waals surface area contributed by atoms with E-state index in [2.05, 4.69) is 0 Å². The molecule has 0 bridgehead atoms. The van der Waals surface area contributed by atoms with E-state index in [0.717, 1.165) is 4.90 Å². The first-order chi connectivity index (χ1) is 10.3. The van der Waals surface area contributed by atoms with Crippen LogP contribution in [0.1, 0.15) is 32.1 Å². The van der Waals surface area contributed by atoms with Gasteiger partial charge in [-0.15, -0.1) is 0 Å². The number of nitrogens with two attached hydrogens (primary N) is 1. The maximum absolute atomic E-state index is 12.2. The number of carboxylic acids is 2. The fourth-order valence-electron chi connectivity index (χ4n) is 2.39. The van der Waals surface area contributed by atoms with E-state index in [1.54, 1.807) is 0 Å². The minimum atomic E-state index is -1.28. The molecule has 0 unspecified atom stereocenters. The second-order valence-electron chi connectivity index (χ2n) is 5.05. The predicted octanol–water partition coefficient (Wildman–Crippen LogP) is -1.01. The number of likely N-dealkylation sites (tertiary alicyclic amines) is 1. The lowest BCUT2D eigenvalue weighted by atomic mass is 9.93. The third-order valence-electron chi connectivity index (χ3n) is 3.53. The Kier molecular flexibility index (Phi) is 6.17. The Labute approximate surface area is 126 Å². The van der Waals surface area contributed by atoms with Gasteiger partial charge in [-0.25, -0.2) is 0 Å². The van der Waals surface area contributed by atoms with Crippen LogP contribution in [0.5, 0.6) is 0 Å². The Balaban J connectivity index is 2.76. The molecule has 4 N–H and O–H groups in total. The lowest BCUT2D eigenvalue weighted by Crippen LogP contribution is -2.46. The van der Waals surface area contributed by atoms with Crippen LogP contribution in [0.2, 0.25) is 0 Å². The Bertz CT molecular complexity index is 503. The van der Waals surface area contributed by atoms with Crippen LogP contribution < -0.4 is 5.73 Å². The third-order valence-corrected chi connectivity index (χ3v) is 3.53. The Morgan fingerprint density at radius 1 is 1.27 bits per heavy atom. The number of aliphatic carboxylic acids is 2. The van der Waals surface area contributed by atoms with E-state index in [1.165, 1.54) is 0 Å². The number of rotatable bonds is 8. The van der Waals surface area contributed by atoms with Gasteiger partial charge in [0.25, 0.3) is 0 Å². The molecular formula is C13H18N2O7. The van der Waals surface area contributed by atoms with Crippen molar-refractivity contribution in [1.29, 1.82) is 0 Å². The van der Waals surface area contributed by atoms with Crippen molar-refractivity contribution in [3.8, 4) is 0 Å². The van der Waals surface area contributed by atoms with E-state index in [4.69, 9.17) is 15.9 Å². The first-order valence-electron chi connectivity index (χ1n) is 6.80. The van der Waals surface area contributed by atoms with Crippen LogP contribution in [0.4, 0.5) is 0 Å². The van der Waals surface area contributed by atoms with E-state index in [1.807, 2.05) is 0 Å². The topological polar surface area (TPSA) is 155 Å². The number of carbonyl (C=O) groups is 5.